The van der Waals surface area contributed by atoms with E-state index in [2.05, 4.69) is 20.8 Å². The van der Waals surface area contributed by atoms with Crippen molar-refractivity contribution in [3.63, 3.8) is 0 Å². The Kier molecular flexibility index (Phi) is 9.45. The van der Waals surface area contributed by atoms with Gasteiger partial charge < -0.3 is 15.4 Å². The van der Waals surface area contributed by atoms with Gasteiger partial charge in [-0.05, 0) is 60.7 Å². The van der Waals surface area contributed by atoms with Gasteiger partial charge in [0.05, 0.1) is 36.1 Å². The van der Waals surface area contributed by atoms with E-state index in [4.69, 9.17) is 4.74 Å². The molecule has 2 amide bonds. The number of nitrogens with zero attached hydrogens (tertiary/aromatic N) is 4. The number of amides is 2. The molecule has 0 atom stereocenters. The maximum Gasteiger partial charge on any atom is 0.251 e. The van der Waals surface area contributed by atoms with Crippen LogP contribution in [0, 0.1) is 11.6 Å². The molecule has 0 saturated carbocycles. The number of anilines is 1. The number of hydrogen-bond donors (Lipinski definition) is 2. The minimum absolute atomic E-state index is 0.0447. The van der Waals surface area contributed by atoms with Crippen molar-refractivity contribution in [2.24, 2.45) is 0 Å². The topological polar surface area (TPSA) is 136 Å². The van der Waals surface area contributed by atoms with E-state index in [1.807, 2.05) is 0 Å². The summed E-state index contributed by atoms with van der Waals surface area (Å²) < 4.78 is 61.4. The Bertz CT molecular complexity index is 1710. The number of aromatic nitrogens is 3. The van der Waals surface area contributed by atoms with Crippen LogP contribution in [0.2, 0.25) is 0 Å². The lowest BCUT2D eigenvalue weighted by molar-refractivity contribution is -0.113. The summed E-state index contributed by atoms with van der Waals surface area (Å²) in [7, 11) is -3.70. The van der Waals surface area contributed by atoms with Gasteiger partial charge in [0.15, 0.2) is 11.0 Å². The fourth-order valence-corrected chi connectivity index (χ4v) is 6.39. The molecule has 5 rings (SSSR count). The first-order chi connectivity index (χ1) is 20.7. The molecule has 43 heavy (non-hydrogen) atoms. The standard InChI is InChI=1S/C28H26F2N6O5S2/c29-20-7-9-21(10-8-20)36-25(33-34-28(36)42-18-26(37)32-24-4-2-1-3-23(24)30)17-31-27(38)19-5-11-22(12-6-19)43(39,40)35-13-15-41-16-14-35/h1-12H,13-18H2,(H,31,38)(H,32,37). The molecule has 1 fully saturated rings. The van der Waals surface area contributed by atoms with Crippen LogP contribution in [0.5, 0.6) is 0 Å². The van der Waals surface area contributed by atoms with E-state index in [0.717, 1.165) is 11.8 Å². The number of sulfonamides is 1. The third-order valence-electron chi connectivity index (χ3n) is 6.40. The highest BCUT2D eigenvalue weighted by atomic mass is 32.2. The Labute approximate surface area is 250 Å². The van der Waals surface area contributed by atoms with Crippen molar-refractivity contribution in [2.45, 2.75) is 16.6 Å². The summed E-state index contributed by atoms with van der Waals surface area (Å²) in [6, 6.07) is 16.9. The first-order valence-corrected chi connectivity index (χ1v) is 15.5. The van der Waals surface area contributed by atoms with Crippen molar-refractivity contribution in [1.82, 2.24) is 24.4 Å². The van der Waals surface area contributed by atoms with Crippen LogP contribution in [-0.2, 0) is 26.1 Å². The quantitative estimate of drug-likeness (QED) is 0.256. The fraction of sp³-hybridized carbons (Fsp3) is 0.214. The van der Waals surface area contributed by atoms with Gasteiger partial charge in [-0.15, -0.1) is 10.2 Å². The lowest BCUT2D eigenvalue weighted by Gasteiger charge is -2.26. The van der Waals surface area contributed by atoms with E-state index in [0.29, 0.717) is 24.7 Å². The molecule has 1 aliphatic heterocycles. The van der Waals surface area contributed by atoms with Gasteiger partial charge in [-0.1, -0.05) is 23.9 Å². The number of halogens is 2. The van der Waals surface area contributed by atoms with Crippen LogP contribution < -0.4 is 10.6 Å². The van der Waals surface area contributed by atoms with Gasteiger partial charge in [0, 0.05) is 24.3 Å². The van der Waals surface area contributed by atoms with Crippen LogP contribution in [0.25, 0.3) is 5.69 Å². The number of morpholine rings is 1. The molecule has 1 saturated heterocycles. The molecule has 0 aliphatic carbocycles. The average molecular weight is 629 g/mol. The molecule has 0 radical (unpaired) electrons. The smallest absolute Gasteiger partial charge is 0.251 e. The van der Waals surface area contributed by atoms with Gasteiger partial charge >= 0.3 is 0 Å². The van der Waals surface area contributed by atoms with Crippen LogP contribution in [0.1, 0.15) is 16.2 Å². The Balaban J connectivity index is 1.28. The van der Waals surface area contributed by atoms with E-state index >= 15 is 0 Å². The second-order valence-corrected chi connectivity index (χ2v) is 12.1. The maximum absolute atomic E-state index is 13.9. The van der Waals surface area contributed by atoms with Gasteiger partial charge in [-0.25, -0.2) is 17.2 Å². The lowest BCUT2D eigenvalue weighted by atomic mass is 10.2. The molecule has 224 valence electrons. The van der Waals surface area contributed by atoms with E-state index in [1.54, 1.807) is 10.6 Å². The summed E-state index contributed by atoms with van der Waals surface area (Å²) in [6.07, 6.45) is 0. The maximum atomic E-state index is 13.9. The normalized spacial score (nSPS) is 13.9. The van der Waals surface area contributed by atoms with Crippen molar-refractivity contribution in [3.05, 3.63) is 95.8 Å². The van der Waals surface area contributed by atoms with Crippen LogP contribution in [0.4, 0.5) is 14.5 Å². The third-order valence-corrected chi connectivity index (χ3v) is 9.24. The van der Waals surface area contributed by atoms with Crippen LogP contribution in [-0.4, -0.2) is 71.4 Å². The minimum atomic E-state index is -3.70. The van der Waals surface area contributed by atoms with E-state index < -0.39 is 33.5 Å². The Morgan fingerprint density at radius 1 is 0.930 bits per heavy atom. The number of rotatable bonds is 10. The van der Waals surface area contributed by atoms with Crippen molar-refractivity contribution < 1.29 is 31.5 Å². The van der Waals surface area contributed by atoms with Crippen LogP contribution >= 0.6 is 11.8 Å². The Hall–Kier alpha value is -4.18. The second-order valence-electron chi connectivity index (χ2n) is 9.25. The highest BCUT2D eigenvalue weighted by Crippen LogP contribution is 2.24. The summed E-state index contributed by atoms with van der Waals surface area (Å²) >= 11 is 1.03. The molecule has 0 bridgehead atoms. The van der Waals surface area contributed by atoms with Crippen LogP contribution in [0.3, 0.4) is 0 Å². The lowest BCUT2D eigenvalue weighted by Crippen LogP contribution is -2.40. The van der Waals surface area contributed by atoms with Gasteiger partial charge in [0.25, 0.3) is 5.91 Å². The summed E-state index contributed by atoms with van der Waals surface area (Å²) in [5, 5.41) is 13.8. The van der Waals surface area contributed by atoms with Crippen LogP contribution in [0.15, 0.2) is 82.8 Å². The predicted octanol–water partition coefficient (Wildman–Crippen LogP) is 3.23. The second kappa shape index (κ2) is 13.4. The summed E-state index contributed by atoms with van der Waals surface area (Å²) in [6.45, 7) is 1.08. The summed E-state index contributed by atoms with van der Waals surface area (Å²) in [5.74, 6) is -1.81. The third kappa shape index (κ3) is 7.25. The molecule has 4 aromatic rings. The van der Waals surface area contributed by atoms with E-state index in [9.17, 15) is 26.8 Å². The van der Waals surface area contributed by atoms with Gasteiger partial charge in [-0.2, -0.15) is 4.31 Å². The monoisotopic (exact) mass is 628 g/mol. The molecule has 0 spiro atoms. The van der Waals surface area contributed by atoms with Gasteiger partial charge in [-0.3, -0.25) is 14.2 Å². The Morgan fingerprint density at radius 3 is 2.33 bits per heavy atom. The number of hydrogen-bond acceptors (Lipinski definition) is 8. The molecule has 1 aromatic heterocycles. The molecule has 3 aromatic carbocycles. The highest BCUT2D eigenvalue weighted by Gasteiger charge is 2.26. The number of nitrogens with one attached hydrogen (secondary N) is 2. The number of benzene rings is 3. The number of ether oxygens (including phenoxy) is 1. The largest absolute Gasteiger partial charge is 0.379 e. The SMILES string of the molecule is O=C(CSc1nnc(CNC(=O)c2ccc(S(=O)(=O)N3CCOCC3)cc2)n1-c1ccc(F)cc1)Nc1ccccc1F. The molecular weight excluding hydrogens is 602 g/mol. The fourth-order valence-electron chi connectivity index (χ4n) is 4.21. The zero-order valence-electron chi connectivity index (χ0n) is 22.6. The van der Waals surface area contributed by atoms with Crippen molar-refractivity contribution in [3.8, 4) is 5.69 Å². The highest BCUT2D eigenvalue weighted by molar-refractivity contribution is 7.99. The number of carbonyl (C=O) groups excluding carboxylic acids is 2. The minimum Gasteiger partial charge on any atom is -0.379 e. The summed E-state index contributed by atoms with van der Waals surface area (Å²) in [5.41, 5.74) is 0.766. The number of carbonyl (C=O) groups is 2. The molecule has 15 heteroatoms. The summed E-state index contributed by atoms with van der Waals surface area (Å²) in [4.78, 5) is 25.5. The molecule has 2 N–H and O–H groups in total. The number of thioether (sulfide) groups is 1. The average Bonchev–Trinajstić information content (AvgIpc) is 3.43. The zero-order chi connectivity index (χ0) is 30.4. The molecule has 2 heterocycles. The van der Waals surface area contributed by atoms with Crippen molar-refractivity contribution >= 4 is 39.3 Å². The van der Waals surface area contributed by atoms with E-state index in [-0.39, 0.29) is 46.7 Å². The molecular formula is C28H26F2N6O5S2. The van der Waals surface area contributed by atoms with Crippen molar-refractivity contribution in [1.29, 1.82) is 0 Å². The Morgan fingerprint density at radius 2 is 1.63 bits per heavy atom. The first-order valence-electron chi connectivity index (χ1n) is 13.1. The molecule has 1 aliphatic rings. The predicted molar refractivity (Wildman–Crippen MR) is 154 cm³/mol. The zero-order valence-corrected chi connectivity index (χ0v) is 24.2. The van der Waals surface area contributed by atoms with E-state index in [1.165, 1.54) is 71.0 Å². The molecule has 11 nitrogen and oxygen atoms in total. The first kappa shape index (κ1) is 30.3. The number of para-hydroxylation sites is 1. The van der Waals surface area contributed by atoms with Gasteiger partial charge in [0.1, 0.15) is 11.6 Å². The van der Waals surface area contributed by atoms with Crippen molar-refractivity contribution in [2.75, 3.05) is 37.4 Å². The molecule has 0 unspecified atom stereocenters. The van der Waals surface area contributed by atoms with Gasteiger partial charge in [0.2, 0.25) is 15.9 Å².